The van der Waals surface area contributed by atoms with Gasteiger partial charge in [-0.1, -0.05) is 30.3 Å². The Kier molecular flexibility index (Phi) is 5.79. The van der Waals surface area contributed by atoms with E-state index in [1.54, 1.807) is 42.5 Å². The van der Waals surface area contributed by atoms with Crippen molar-refractivity contribution >= 4 is 32.6 Å². The third kappa shape index (κ3) is 4.70. The maximum atomic E-state index is 12.5. The largest absolute Gasteiger partial charge is 0.457 e. The van der Waals surface area contributed by atoms with Crippen LogP contribution in [0.1, 0.15) is 21.5 Å². The smallest absolute Gasteiger partial charge is 0.338 e. The van der Waals surface area contributed by atoms with E-state index < -0.39 is 21.6 Å². The quantitative estimate of drug-likeness (QED) is 0.349. The summed E-state index contributed by atoms with van der Waals surface area (Å²) in [6.07, 6.45) is 0. The Morgan fingerprint density at radius 3 is 2.41 bits per heavy atom. The maximum Gasteiger partial charge on any atom is 0.338 e. The van der Waals surface area contributed by atoms with Gasteiger partial charge in [-0.15, -0.1) is 0 Å². The predicted octanol–water partition coefficient (Wildman–Crippen LogP) is 4.26. The van der Waals surface area contributed by atoms with Gasteiger partial charge >= 0.3 is 11.6 Å². The molecule has 0 fully saturated rings. The van der Waals surface area contributed by atoms with Crippen molar-refractivity contribution < 1.29 is 22.4 Å². The number of fused-ring (bicyclic) bond motifs is 1. The number of aryl methyl sites for hydroxylation is 1. The minimum absolute atomic E-state index is 0.0138. The average molecular weight is 449 g/mol. The summed E-state index contributed by atoms with van der Waals surface area (Å²) in [6.45, 7) is 1.75. The van der Waals surface area contributed by atoms with Gasteiger partial charge in [0.15, 0.2) is 0 Å². The SMILES string of the molecule is Cc1ccc2c(COC(=O)c3ccc(S(=O)(=O)Nc4ccccc4)cc3)cc(=O)oc2c1. The Balaban J connectivity index is 1.48. The summed E-state index contributed by atoms with van der Waals surface area (Å²) in [4.78, 5) is 24.3. The molecule has 162 valence electrons. The zero-order valence-electron chi connectivity index (χ0n) is 17.1. The summed E-state index contributed by atoms with van der Waals surface area (Å²) in [6, 6.07) is 20.6. The molecule has 4 rings (SSSR count). The molecule has 32 heavy (non-hydrogen) atoms. The topological polar surface area (TPSA) is 103 Å². The third-order valence-corrected chi connectivity index (χ3v) is 6.17. The van der Waals surface area contributed by atoms with E-state index in [2.05, 4.69) is 4.72 Å². The second-order valence-electron chi connectivity index (χ2n) is 7.16. The number of hydrogen-bond donors (Lipinski definition) is 1. The van der Waals surface area contributed by atoms with Gasteiger partial charge in [-0.3, -0.25) is 4.72 Å². The fraction of sp³-hybridized carbons (Fsp3) is 0.0833. The van der Waals surface area contributed by atoms with Crippen LogP contribution in [0, 0.1) is 6.92 Å². The summed E-state index contributed by atoms with van der Waals surface area (Å²) in [5, 5.41) is 0.677. The zero-order valence-corrected chi connectivity index (χ0v) is 17.9. The van der Waals surface area contributed by atoms with Crippen LogP contribution in [-0.4, -0.2) is 14.4 Å². The second-order valence-corrected chi connectivity index (χ2v) is 8.84. The highest BCUT2D eigenvalue weighted by molar-refractivity contribution is 7.92. The molecule has 1 N–H and O–H groups in total. The summed E-state index contributed by atoms with van der Waals surface area (Å²) in [7, 11) is -3.79. The van der Waals surface area contributed by atoms with Crippen molar-refractivity contribution in [2.24, 2.45) is 0 Å². The van der Waals surface area contributed by atoms with Gasteiger partial charge in [-0.2, -0.15) is 0 Å². The van der Waals surface area contributed by atoms with Crippen LogP contribution in [0.15, 0.2) is 93.0 Å². The van der Waals surface area contributed by atoms with E-state index in [0.29, 0.717) is 22.2 Å². The number of nitrogens with one attached hydrogen (secondary N) is 1. The second kappa shape index (κ2) is 8.68. The van der Waals surface area contributed by atoms with Crippen LogP contribution in [0.2, 0.25) is 0 Å². The standard InChI is InChI=1S/C24H19NO6S/c1-16-7-12-21-18(14-23(26)31-22(21)13-16)15-30-24(27)17-8-10-20(11-9-17)32(28,29)25-19-5-3-2-4-6-19/h2-14,25H,15H2,1H3. The zero-order chi connectivity index (χ0) is 22.7. The minimum Gasteiger partial charge on any atom is -0.457 e. The molecule has 3 aromatic carbocycles. The van der Waals surface area contributed by atoms with Crippen molar-refractivity contribution in [1.29, 1.82) is 0 Å². The maximum absolute atomic E-state index is 12.5. The van der Waals surface area contributed by atoms with Crippen LogP contribution in [0.4, 0.5) is 5.69 Å². The molecule has 0 bridgehead atoms. The lowest BCUT2D eigenvalue weighted by Crippen LogP contribution is -2.13. The van der Waals surface area contributed by atoms with E-state index in [1.165, 1.54) is 30.3 Å². The van der Waals surface area contributed by atoms with Gasteiger partial charge in [0.05, 0.1) is 10.5 Å². The molecule has 1 heterocycles. The van der Waals surface area contributed by atoms with Gasteiger partial charge in [0.1, 0.15) is 12.2 Å². The van der Waals surface area contributed by atoms with E-state index in [1.807, 2.05) is 13.0 Å². The molecule has 0 radical (unpaired) electrons. The molecule has 0 unspecified atom stereocenters. The Morgan fingerprint density at radius 1 is 0.969 bits per heavy atom. The molecule has 0 aliphatic rings. The first-order valence-corrected chi connectivity index (χ1v) is 11.2. The number of benzene rings is 3. The number of para-hydroxylation sites is 1. The van der Waals surface area contributed by atoms with Crippen molar-refractivity contribution in [3.05, 3.63) is 106 Å². The fourth-order valence-electron chi connectivity index (χ4n) is 3.17. The molecule has 0 saturated carbocycles. The summed E-state index contributed by atoms with van der Waals surface area (Å²) < 4.78 is 38.0. The molecule has 1 aromatic heterocycles. The van der Waals surface area contributed by atoms with Crippen LogP contribution in [0.25, 0.3) is 11.0 Å². The van der Waals surface area contributed by atoms with Gasteiger partial charge in [-0.05, 0) is 55.0 Å². The van der Waals surface area contributed by atoms with Crippen LogP contribution in [0.5, 0.6) is 0 Å². The highest BCUT2D eigenvalue weighted by Crippen LogP contribution is 2.20. The lowest BCUT2D eigenvalue weighted by Gasteiger charge is -2.10. The number of carbonyl (C=O) groups is 1. The van der Waals surface area contributed by atoms with Crippen LogP contribution < -0.4 is 10.3 Å². The molecule has 7 nitrogen and oxygen atoms in total. The molecular formula is C24H19NO6S. The molecular weight excluding hydrogens is 430 g/mol. The van der Waals surface area contributed by atoms with Gasteiger partial charge < -0.3 is 9.15 Å². The summed E-state index contributed by atoms with van der Waals surface area (Å²) in [5.74, 6) is -0.640. The molecule has 0 saturated heterocycles. The molecule has 0 aliphatic heterocycles. The monoisotopic (exact) mass is 449 g/mol. The number of esters is 1. The third-order valence-electron chi connectivity index (χ3n) is 4.77. The highest BCUT2D eigenvalue weighted by Gasteiger charge is 2.16. The molecule has 4 aromatic rings. The van der Waals surface area contributed by atoms with Crippen molar-refractivity contribution in [3.8, 4) is 0 Å². The van der Waals surface area contributed by atoms with E-state index in [9.17, 15) is 18.0 Å². The van der Waals surface area contributed by atoms with E-state index in [0.717, 1.165) is 5.56 Å². The molecule has 0 spiro atoms. The van der Waals surface area contributed by atoms with E-state index >= 15 is 0 Å². The van der Waals surface area contributed by atoms with Crippen LogP contribution in [0.3, 0.4) is 0 Å². The number of ether oxygens (including phenoxy) is 1. The van der Waals surface area contributed by atoms with Gasteiger partial charge in [0.25, 0.3) is 10.0 Å². The van der Waals surface area contributed by atoms with Crippen LogP contribution in [-0.2, 0) is 21.4 Å². The van der Waals surface area contributed by atoms with Gasteiger partial charge in [0.2, 0.25) is 0 Å². The Labute approximate surface area is 184 Å². The number of anilines is 1. The first kappa shape index (κ1) is 21.3. The summed E-state index contributed by atoms with van der Waals surface area (Å²) in [5.41, 5.74) is 1.97. The van der Waals surface area contributed by atoms with Gasteiger partial charge in [-0.25, -0.2) is 18.0 Å². The lowest BCUT2D eigenvalue weighted by atomic mass is 10.1. The molecule has 8 heteroatoms. The first-order valence-electron chi connectivity index (χ1n) is 9.70. The van der Waals surface area contributed by atoms with Gasteiger partial charge in [0, 0.05) is 22.7 Å². The Morgan fingerprint density at radius 2 is 1.69 bits per heavy atom. The molecule has 0 aliphatic carbocycles. The molecule has 0 amide bonds. The molecule has 0 atom stereocenters. The van der Waals surface area contributed by atoms with Crippen molar-refractivity contribution in [3.63, 3.8) is 0 Å². The Hall–Kier alpha value is -3.91. The number of sulfonamides is 1. The first-order chi connectivity index (χ1) is 15.3. The predicted molar refractivity (Wildman–Crippen MR) is 120 cm³/mol. The number of carbonyl (C=O) groups excluding carboxylic acids is 1. The van der Waals surface area contributed by atoms with E-state index in [4.69, 9.17) is 9.15 Å². The number of hydrogen-bond acceptors (Lipinski definition) is 6. The van der Waals surface area contributed by atoms with E-state index in [-0.39, 0.29) is 17.1 Å². The Bertz CT molecular complexity index is 1440. The summed E-state index contributed by atoms with van der Waals surface area (Å²) >= 11 is 0. The lowest BCUT2D eigenvalue weighted by molar-refractivity contribution is 0.0473. The van der Waals surface area contributed by atoms with Crippen molar-refractivity contribution in [2.75, 3.05) is 4.72 Å². The highest BCUT2D eigenvalue weighted by atomic mass is 32.2. The average Bonchev–Trinajstić information content (AvgIpc) is 2.77. The van der Waals surface area contributed by atoms with Crippen LogP contribution >= 0.6 is 0 Å². The fourth-order valence-corrected chi connectivity index (χ4v) is 4.23. The van der Waals surface area contributed by atoms with Crippen molar-refractivity contribution in [1.82, 2.24) is 0 Å². The minimum atomic E-state index is -3.79. The normalized spacial score (nSPS) is 11.3. The number of rotatable bonds is 6. The van der Waals surface area contributed by atoms with Crippen molar-refractivity contribution in [2.45, 2.75) is 18.4 Å².